The van der Waals surface area contributed by atoms with Crippen LogP contribution >= 0.6 is 11.8 Å². The maximum absolute atomic E-state index is 12.1. The van der Waals surface area contributed by atoms with E-state index in [0.29, 0.717) is 12.1 Å². The van der Waals surface area contributed by atoms with Crippen LogP contribution in [-0.2, 0) is 4.74 Å². The van der Waals surface area contributed by atoms with Crippen molar-refractivity contribution in [3.8, 4) is 0 Å². The number of carbonyl (C=O) groups is 1. The fraction of sp³-hybridized carbons (Fsp3) is 0.929. The minimum Gasteiger partial charge on any atom is -0.444 e. The molecule has 1 saturated carbocycles. The Hall–Kier alpha value is -0.420. The van der Waals surface area contributed by atoms with Crippen LogP contribution in [0.1, 0.15) is 40.0 Å². The van der Waals surface area contributed by atoms with Gasteiger partial charge in [-0.1, -0.05) is 0 Å². The zero-order valence-electron chi connectivity index (χ0n) is 12.3. The molecule has 19 heavy (non-hydrogen) atoms. The SMILES string of the molecule is CC(C)(C)OC(=O)N(CCCNC1CSC1)C1CC1. The number of nitrogens with one attached hydrogen (secondary N) is 1. The maximum atomic E-state index is 12.1. The van der Waals surface area contributed by atoms with E-state index in [9.17, 15) is 4.79 Å². The Kier molecular flexibility index (Phi) is 5.01. The van der Waals surface area contributed by atoms with Crippen molar-refractivity contribution in [2.24, 2.45) is 0 Å². The summed E-state index contributed by atoms with van der Waals surface area (Å²) in [7, 11) is 0. The van der Waals surface area contributed by atoms with Gasteiger partial charge >= 0.3 is 6.09 Å². The van der Waals surface area contributed by atoms with Crippen LogP contribution in [0.25, 0.3) is 0 Å². The smallest absolute Gasteiger partial charge is 0.410 e. The molecule has 110 valence electrons. The maximum Gasteiger partial charge on any atom is 0.410 e. The summed E-state index contributed by atoms with van der Waals surface area (Å²) >= 11 is 1.99. The molecule has 2 aliphatic rings. The molecule has 1 heterocycles. The van der Waals surface area contributed by atoms with Crippen LogP contribution < -0.4 is 5.32 Å². The summed E-state index contributed by atoms with van der Waals surface area (Å²) < 4.78 is 5.47. The Morgan fingerprint density at radius 2 is 2.05 bits per heavy atom. The minimum atomic E-state index is -0.397. The van der Waals surface area contributed by atoms with E-state index in [0.717, 1.165) is 32.4 Å². The summed E-state index contributed by atoms with van der Waals surface area (Å²) in [4.78, 5) is 14.0. The molecule has 1 amide bonds. The molecule has 0 atom stereocenters. The Labute approximate surface area is 120 Å². The highest BCUT2D eigenvalue weighted by atomic mass is 32.2. The van der Waals surface area contributed by atoms with Crippen molar-refractivity contribution in [2.75, 3.05) is 24.6 Å². The van der Waals surface area contributed by atoms with E-state index < -0.39 is 5.60 Å². The van der Waals surface area contributed by atoms with E-state index in [1.165, 1.54) is 11.5 Å². The average molecular weight is 286 g/mol. The summed E-state index contributed by atoms with van der Waals surface area (Å²) in [5.41, 5.74) is -0.397. The molecule has 1 saturated heterocycles. The fourth-order valence-corrected chi connectivity index (χ4v) is 2.75. The summed E-state index contributed by atoms with van der Waals surface area (Å²) in [5, 5.41) is 3.52. The second-order valence-corrected chi connectivity index (χ2v) is 7.52. The number of amides is 1. The third-order valence-electron chi connectivity index (χ3n) is 3.26. The van der Waals surface area contributed by atoms with E-state index in [-0.39, 0.29) is 6.09 Å². The number of hydrogen-bond acceptors (Lipinski definition) is 4. The molecule has 2 rings (SSSR count). The quantitative estimate of drug-likeness (QED) is 0.762. The Morgan fingerprint density at radius 1 is 1.37 bits per heavy atom. The van der Waals surface area contributed by atoms with Gasteiger partial charge < -0.3 is 15.0 Å². The molecule has 2 fully saturated rings. The van der Waals surface area contributed by atoms with Crippen LogP contribution in [0.3, 0.4) is 0 Å². The number of nitrogens with zero attached hydrogens (tertiary/aromatic N) is 1. The number of ether oxygens (including phenoxy) is 1. The molecule has 0 unspecified atom stereocenters. The van der Waals surface area contributed by atoms with Gasteiger partial charge in [0.2, 0.25) is 0 Å². The number of carbonyl (C=O) groups excluding carboxylic acids is 1. The number of hydrogen-bond donors (Lipinski definition) is 1. The molecule has 0 aromatic heterocycles. The lowest BCUT2D eigenvalue weighted by molar-refractivity contribution is 0.0232. The second kappa shape index (κ2) is 6.35. The molecular formula is C14H26N2O2S. The normalized spacial score (nSPS) is 19.9. The Balaban J connectivity index is 1.68. The van der Waals surface area contributed by atoms with E-state index in [4.69, 9.17) is 4.74 Å². The first-order valence-corrected chi connectivity index (χ1v) is 8.42. The summed E-state index contributed by atoms with van der Waals surface area (Å²) in [6.07, 6.45) is 3.13. The van der Waals surface area contributed by atoms with Crippen LogP contribution in [0.5, 0.6) is 0 Å². The monoisotopic (exact) mass is 286 g/mol. The third-order valence-corrected chi connectivity index (χ3v) is 4.54. The summed E-state index contributed by atoms with van der Waals surface area (Å²) in [6, 6.07) is 1.12. The van der Waals surface area contributed by atoms with Gasteiger partial charge in [0.15, 0.2) is 0 Å². The zero-order valence-corrected chi connectivity index (χ0v) is 13.1. The Bertz CT molecular complexity index is 309. The van der Waals surface area contributed by atoms with Crippen molar-refractivity contribution in [3.63, 3.8) is 0 Å². The van der Waals surface area contributed by atoms with Crippen molar-refractivity contribution in [3.05, 3.63) is 0 Å². The van der Waals surface area contributed by atoms with Gasteiger partial charge in [0, 0.05) is 30.1 Å². The van der Waals surface area contributed by atoms with E-state index >= 15 is 0 Å². The van der Waals surface area contributed by atoms with Crippen LogP contribution in [-0.4, -0.2) is 53.3 Å². The van der Waals surface area contributed by atoms with Crippen LogP contribution in [0.2, 0.25) is 0 Å². The molecule has 5 heteroatoms. The lowest BCUT2D eigenvalue weighted by Crippen LogP contribution is -2.43. The van der Waals surface area contributed by atoms with Crippen LogP contribution in [0.15, 0.2) is 0 Å². The van der Waals surface area contributed by atoms with Crippen molar-refractivity contribution in [1.29, 1.82) is 0 Å². The lowest BCUT2D eigenvalue weighted by Gasteiger charge is -2.29. The molecule has 0 spiro atoms. The molecule has 1 aliphatic carbocycles. The van der Waals surface area contributed by atoms with Crippen molar-refractivity contribution in [1.82, 2.24) is 10.2 Å². The van der Waals surface area contributed by atoms with Crippen molar-refractivity contribution < 1.29 is 9.53 Å². The Morgan fingerprint density at radius 3 is 2.53 bits per heavy atom. The first-order valence-electron chi connectivity index (χ1n) is 7.26. The predicted molar refractivity (Wildman–Crippen MR) is 79.7 cm³/mol. The largest absolute Gasteiger partial charge is 0.444 e. The standard InChI is InChI=1S/C14H26N2O2S/c1-14(2,3)18-13(17)16(12-5-6-12)8-4-7-15-11-9-19-10-11/h11-12,15H,4-10H2,1-3H3. The molecule has 0 bridgehead atoms. The molecule has 1 aliphatic heterocycles. The summed E-state index contributed by atoms with van der Waals surface area (Å²) in [5.74, 6) is 2.47. The van der Waals surface area contributed by atoms with Gasteiger partial charge in [0.25, 0.3) is 0 Å². The first kappa shape index (κ1) is 15.0. The first-order chi connectivity index (χ1) is 8.96. The zero-order chi connectivity index (χ0) is 13.9. The van der Waals surface area contributed by atoms with E-state index in [1.54, 1.807) is 0 Å². The molecular weight excluding hydrogens is 260 g/mol. The molecule has 0 aromatic carbocycles. The van der Waals surface area contributed by atoms with Gasteiger partial charge in [-0.15, -0.1) is 0 Å². The van der Waals surface area contributed by atoms with Gasteiger partial charge in [0.1, 0.15) is 5.60 Å². The second-order valence-electron chi connectivity index (χ2n) is 6.45. The topological polar surface area (TPSA) is 41.6 Å². The number of rotatable bonds is 6. The van der Waals surface area contributed by atoms with Gasteiger partial charge in [0.05, 0.1) is 0 Å². The van der Waals surface area contributed by atoms with Gasteiger partial charge in [-0.3, -0.25) is 0 Å². The lowest BCUT2D eigenvalue weighted by atomic mass is 10.2. The third kappa shape index (κ3) is 5.22. The van der Waals surface area contributed by atoms with Crippen molar-refractivity contribution >= 4 is 17.9 Å². The molecule has 4 nitrogen and oxygen atoms in total. The van der Waals surface area contributed by atoms with Gasteiger partial charge in [-0.05, 0) is 46.6 Å². The fourth-order valence-electron chi connectivity index (χ4n) is 2.04. The predicted octanol–water partition coefficient (Wildman–Crippen LogP) is 2.48. The highest BCUT2D eigenvalue weighted by molar-refractivity contribution is 8.00. The highest BCUT2D eigenvalue weighted by Crippen LogP contribution is 2.28. The van der Waals surface area contributed by atoms with Crippen LogP contribution in [0.4, 0.5) is 4.79 Å². The average Bonchev–Trinajstić information content (AvgIpc) is 3.01. The van der Waals surface area contributed by atoms with Gasteiger partial charge in [-0.2, -0.15) is 11.8 Å². The van der Waals surface area contributed by atoms with E-state index in [1.807, 2.05) is 37.4 Å². The summed E-state index contributed by atoms with van der Waals surface area (Å²) in [6.45, 7) is 7.58. The van der Waals surface area contributed by atoms with Crippen LogP contribution in [0, 0.1) is 0 Å². The van der Waals surface area contributed by atoms with Gasteiger partial charge in [-0.25, -0.2) is 4.79 Å². The molecule has 0 aromatic rings. The molecule has 1 N–H and O–H groups in total. The number of thioether (sulfide) groups is 1. The van der Waals surface area contributed by atoms with E-state index in [2.05, 4.69) is 5.32 Å². The highest BCUT2D eigenvalue weighted by Gasteiger charge is 2.34. The molecule has 0 radical (unpaired) electrons. The van der Waals surface area contributed by atoms with Crippen molar-refractivity contribution in [2.45, 2.75) is 57.7 Å². The minimum absolute atomic E-state index is 0.144.